The van der Waals surface area contributed by atoms with Gasteiger partial charge in [-0.2, -0.15) is 0 Å². The molecule has 2 nitrogen and oxygen atoms in total. The van der Waals surface area contributed by atoms with Crippen LogP contribution in [0.5, 0.6) is 0 Å². The highest BCUT2D eigenvalue weighted by Gasteiger charge is 2.24. The van der Waals surface area contributed by atoms with Gasteiger partial charge in [0.05, 0.1) is 11.4 Å². The van der Waals surface area contributed by atoms with Gasteiger partial charge in [-0.05, 0) is 38.3 Å². The molecule has 1 aromatic rings. The molecular formula is C12H16F2N2. The fraction of sp³-hybridized carbons (Fsp3) is 0.500. The summed E-state index contributed by atoms with van der Waals surface area (Å²) in [4.78, 5) is 1.87. The van der Waals surface area contributed by atoms with Gasteiger partial charge < -0.3 is 10.6 Å². The summed E-state index contributed by atoms with van der Waals surface area (Å²) in [5.74, 6) is -1.66. The lowest BCUT2D eigenvalue weighted by Crippen LogP contribution is -2.38. The molecule has 0 aromatic heterocycles. The number of piperidine rings is 1. The van der Waals surface area contributed by atoms with E-state index >= 15 is 0 Å². The van der Waals surface area contributed by atoms with Crippen LogP contribution < -0.4 is 10.6 Å². The third-order valence-corrected chi connectivity index (χ3v) is 3.19. The molecule has 0 amide bonds. The summed E-state index contributed by atoms with van der Waals surface area (Å²) in [5.41, 5.74) is 6.28. The molecule has 0 radical (unpaired) electrons. The van der Waals surface area contributed by atoms with E-state index in [0.717, 1.165) is 31.9 Å². The summed E-state index contributed by atoms with van der Waals surface area (Å²) >= 11 is 0. The maximum absolute atomic E-state index is 13.7. The van der Waals surface area contributed by atoms with Crippen molar-refractivity contribution >= 4 is 11.4 Å². The first-order valence-electron chi connectivity index (χ1n) is 5.61. The monoisotopic (exact) mass is 226 g/mol. The van der Waals surface area contributed by atoms with Crippen molar-refractivity contribution in [2.24, 2.45) is 0 Å². The van der Waals surface area contributed by atoms with Crippen molar-refractivity contribution in [1.82, 2.24) is 0 Å². The minimum atomic E-state index is -0.832. The molecular weight excluding hydrogens is 210 g/mol. The molecule has 0 saturated carbocycles. The van der Waals surface area contributed by atoms with Gasteiger partial charge in [0.25, 0.3) is 0 Å². The number of benzene rings is 1. The maximum Gasteiger partial charge on any atom is 0.184 e. The van der Waals surface area contributed by atoms with E-state index in [2.05, 4.69) is 0 Å². The Labute approximate surface area is 94.0 Å². The summed E-state index contributed by atoms with van der Waals surface area (Å²) < 4.78 is 26.9. The topological polar surface area (TPSA) is 29.3 Å². The lowest BCUT2D eigenvalue weighted by atomic mass is 10.0. The SMILES string of the molecule is CC1CCCCN1c1c(N)ccc(F)c1F. The number of nitrogens with zero attached hydrogens (tertiary/aromatic N) is 1. The van der Waals surface area contributed by atoms with E-state index in [9.17, 15) is 8.78 Å². The predicted octanol–water partition coefficient (Wildman–Crippen LogP) is 2.93. The Kier molecular flexibility index (Phi) is 2.99. The summed E-state index contributed by atoms with van der Waals surface area (Å²) in [6.45, 7) is 2.76. The maximum atomic E-state index is 13.7. The summed E-state index contributed by atoms with van der Waals surface area (Å²) in [6.07, 6.45) is 3.13. The van der Waals surface area contributed by atoms with Gasteiger partial charge in [-0.25, -0.2) is 8.78 Å². The highest BCUT2D eigenvalue weighted by Crippen LogP contribution is 2.33. The number of nitrogens with two attached hydrogens (primary N) is 1. The lowest BCUT2D eigenvalue weighted by Gasteiger charge is -2.36. The van der Waals surface area contributed by atoms with Crippen LogP contribution in [0.15, 0.2) is 12.1 Å². The van der Waals surface area contributed by atoms with Crippen molar-refractivity contribution in [3.05, 3.63) is 23.8 Å². The van der Waals surface area contributed by atoms with Crippen LogP contribution in [-0.2, 0) is 0 Å². The fourth-order valence-corrected chi connectivity index (χ4v) is 2.28. The first-order valence-corrected chi connectivity index (χ1v) is 5.61. The molecule has 1 atom stereocenters. The van der Waals surface area contributed by atoms with Gasteiger partial charge in [0.15, 0.2) is 11.6 Å². The van der Waals surface area contributed by atoms with E-state index in [1.54, 1.807) is 0 Å². The highest BCUT2D eigenvalue weighted by molar-refractivity contribution is 5.69. The Morgan fingerprint density at radius 2 is 2.06 bits per heavy atom. The Morgan fingerprint density at radius 1 is 1.31 bits per heavy atom. The van der Waals surface area contributed by atoms with Gasteiger partial charge in [-0.3, -0.25) is 0 Å². The van der Waals surface area contributed by atoms with E-state index < -0.39 is 11.6 Å². The zero-order chi connectivity index (χ0) is 11.7. The predicted molar refractivity (Wildman–Crippen MR) is 61.4 cm³/mol. The minimum Gasteiger partial charge on any atom is -0.397 e. The van der Waals surface area contributed by atoms with Gasteiger partial charge in [0.2, 0.25) is 0 Å². The molecule has 0 bridgehead atoms. The number of halogens is 2. The Hall–Kier alpha value is -1.32. The molecule has 88 valence electrons. The number of anilines is 2. The van der Waals surface area contributed by atoms with Crippen molar-refractivity contribution in [3.8, 4) is 0 Å². The van der Waals surface area contributed by atoms with Crippen LogP contribution in [0.25, 0.3) is 0 Å². The number of hydrogen-bond acceptors (Lipinski definition) is 2. The van der Waals surface area contributed by atoms with Crippen LogP contribution in [-0.4, -0.2) is 12.6 Å². The fourth-order valence-electron chi connectivity index (χ4n) is 2.28. The minimum absolute atomic E-state index is 0.215. The van der Waals surface area contributed by atoms with Gasteiger partial charge in [0.1, 0.15) is 0 Å². The third-order valence-electron chi connectivity index (χ3n) is 3.19. The molecule has 1 unspecified atom stereocenters. The van der Waals surface area contributed by atoms with Crippen molar-refractivity contribution in [2.75, 3.05) is 17.2 Å². The molecule has 4 heteroatoms. The largest absolute Gasteiger partial charge is 0.397 e. The molecule has 2 rings (SSSR count). The zero-order valence-electron chi connectivity index (χ0n) is 9.34. The van der Waals surface area contributed by atoms with Gasteiger partial charge in [-0.1, -0.05) is 0 Å². The molecule has 0 spiro atoms. The van der Waals surface area contributed by atoms with Crippen molar-refractivity contribution < 1.29 is 8.78 Å². The average molecular weight is 226 g/mol. The zero-order valence-corrected chi connectivity index (χ0v) is 9.34. The summed E-state index contributed by atoms with van der Waals surface area (Å²) in [5, 5.41) is 0. The quantitative estimate of drug-likeness (QED) is 0.746. The molecule has 1 heterocycles. The standard InChI is InChI=1S/C12H16F2N2/c1-8-4-2-3-7-16(8)12-10(15)6-5-9(13)11(12)14/h5-6,8H,2-4,7,15H2,1H3. The highest BCUT2D eigenvalue weighted by atomic mass is 19.2. The molecule has 1 fully saturated rings. The van der Waals surface area contributed by atoms with Crippen molar-refractivity contribution in [3.63, 3.8) is 0 Å². The number of hydrogen-bond donors (Lipinski definition) is 1. The first-order chi connectivity index (χ1) is 7.61. The van der Waals surface area contributed by atoms with Crippen LogP contribution in [0.2, 0.25) is 0 Å². The number of rotatable bonds is 1. The van der Waals surface area contributed by atoms with Crippen molar-refractivity contribution in [2.45, 2.75) is 32.2 Å². The molecule has 1 aliphatic rings. The van der Waals surface area contributed by atoms with E-state index in [1.165, 1.54) is 6.07 Å². The smallest absolute Gasteiger partial charge is 0.184 e. The van der Waals surface area contributed by atoms with E-state index in [0.29, 0.717) is 5.69 Å². The van der Waals surface area contributed by atoms with Gasteiger partial charge >= 0.3 is 0 Å². The van der Waals surface area contributed by atoms with Gasteiger partial charge in [0, 0.05) is 12.6 Å². The Bertz CT molecular complexity index is 393. The van der Waals surface area contributed by atoms with Crippen LogP contribution in [0.1, 0.15) is 26.2 Å². The molecule has 1 aromatic carbocycles. The van der Waals surface area contributed by atoms with Crippen LogP contribution in [0.4, 0.5) is 20.2 Å². The molecule has 1 saturated heterocycles. The molecule has 0 aliphatic carbocycles. The summed E-state index contributed by atoms with van der Waals surface area (Å²) in [6, 6.07) is 2.71. The van der Waals surface area contributed by atoms with Crippen LogP contribution in [0, 0.1) is 11.6 Å². The molecule has 16 heavy (non-hydrogen) atoms. The van der Waals surface area contributed by atoms with Gasteiger partial charge in [-0.15, -0.1) is 0 Å². The third kappa shape index (κ3) is 1.84. The molecule has 2 N–H and O–H groups in total. The second kappa shape index (κ2) is 4.28. The summed E-state index contributed by atoms with van der Waals surface area (Å²) in [7, 11) is 0. The number of nitrogen functional groups attached to an aromatic ring is 1. The molecule has 1 aliphatic heterocycles. The van der Waals surface area contributed by atoms with E-state index in [1.807, 2.05) is 11.8 Å². The lowest BCUT2D eigenvalue weighted by molar-refractivity contribution is 0.462. The second-order valence-corrected chi connectivity index (χ2v) is 4.34. The van der Waals surface area contributed by atoms with E-state index in [-0.39, 0.29) is 11.7 Å². The van der Waals surface area contributed by atoms with Crippen LogP contribution >= 0.6 is 0 Å². The van der Waals surface area contributed by atoms with E-state index in [4.69, 9.17) is 5.73 Å². The normalized spacial score (nSPS) is 21.2. The Morgan fingerprint density at radius 3 is 2.75 bits per heavy atom. The average Bonchev–Trinajstić information content (AvgIpc) is 2.27. The second-order valence-electron chi connectivity index (χ2n) is 4.34. The Balaban J connectivity index is 2.42. The first kappa shape index (κ1) is 11.2. The van der Waals surface area contributed by atoms with Crippen LogP contribution in [0.3, 0.4) is 0 Å². The van der Waals surface area contributed by atoms with Crippen molar-refractivity contribution in [1.29, 1.82) is 0 Å².